The molecule has 0 atom stereocenters. The summed E-state index contributed by atoms with van der Waals surface area (Å²) in [5.74, 6) is 0.967. The Hall–Kier alpha value is -2.23. The highest BCUT2D eigenvalue weighted by Crippen LogP contribution is 2.18. The van der Waals surface area contributed by atoms with E-state index in [9.17, 15) is 4.79 Å². The minimum atomic E-state index is -0.0153. The molecular weight excluding hydrogens is 228 g/mol. The third-order valence-electron chi connectivity index (χ3n) is 2.00. The van der Waals surface area contributed by atoms with E-state index in [1.807, 2.05) is 13.8 Å². The van der Waals surface area contributed by atoms with E-state index in [1.165, 1.54) is 6.92 Å². The molecule has 0 aromatic carbocycles. The number of rotatable bonds is 3. The highest BCUT2D eigenvalue weighted by Gasteiger charge is 2.03. The molecule has 4 nitrogen and oxygen atoms in total. The quantitative estimate of drug-likeness (QED) is 0.775. The maximum atomic E-state index is 11.2. The van der Waals surface area contributed by atoms with Crippen molar-refractivity contribution in [1.29, 1.82) is 0 Å². The molecule has 18 heavy (non-hydrogen) atoms. The molecular formula is C14H16N2O2. The minimum absolute atomic E-state index is 0.0153. The van der Waals surface area contributed by atoms with E-state index < -0.39 is 0 Å². The Kier molecular flexibility index (Phi) is 5.51. The summed E-state index contributed by atoms with van der Waals surface area (Å²) in [4.78, 5) is 19.1. The Labute approximate surface area is 107 Å². The molecule has 94 valence electrons. The molecule has 0 radical (unpaired) electrons. The lowest BCUT2D eigenvalue weighted by Gasteiger charge is -2.04. The van der Waals surface area contributed by atoms with E-state index >= 15 is 0 Å². The predicted molar refractivity (Wildman–Crippen MR) is 69.9 cm³/mol. The largest absolute Gasteiger partial charge is 0.437 e. The molecule has 0 aliphatic rings. The first-order valence-electron chi connectivity index (χ1n) is 5.80. The number of ether oxygens (including phenoxy) is 1. The smallest absolute Gasteiger partial charge is 0.219 e. The molecule has 0 bridgehead atoms. The fraction of sp³-hybridized carbons (Fsp3) is 0.214. The van der Waals surface area contributed by atoms with Crippen molar-refractivity contribution in [3.63, 3.8) is 0 Å². The fourth-order valence-corrected chi connectivity index (χ4v) is 1.21. The maximum absolute atomic E-state index is 11.2. The Bertz CT molecular complexity index is 498. The second kappa shape index (κ2) is 7.17. The Morgan fingerprint density at radius 2 is 2.00 bits per heavy atom. The van der Waals surface area contributed by atoms with Crippen LogP contribution in [0.5, 0.6) is 11.6 Å². The zero-order chi connectivity index (χ0) is 13.4. The van der Waals surface area contributed by atoms with Crippen LogP contribution in [0.15, 0.2) is 42.9 Å². The standard InChI is InChI=1S/C12H10N2O2.C2H6/c1-9(15)10-4-6-14-12(7-10)16-11-3-2-5-13-8-11;1-2/h2-8H,1H3;1-2H3. The lowest BCUT2D eigenvalue weighted by molar-refractivity contribution is 0.101. The van der Waals surface area contributed by atoms with Crippen LogP contribution in [0.3, 0.4) is 0 Å². The van der Waals surface area contributed by atoms with Crippen molar-refractivity contribution in [2.45, 2.75) is 20.8 Å². The average molecular weight is 244 g/mol. The van der Waals surface area contributed by atoms with Crippen molar-refractivity contribution < 1.29 is 9.53 Å². The molecule has 0 fully saturated rings. The predicted octanol–water partition coefficient (Wildman–Crippen LogP) is 3.50. The van der Waals surface area contributed by atoms with Crippen molar-refractivity contribution in [3.8, 4) is 11.6 Å². The van der Waals surface area contributed by atoms with E-state index in [0.29, 0.717) is 17.2 Å². The van der Waals surface area contributed by atoms with Crippen molar-refractivity contribution >= 4 is 5.78 Å². The summed E-state index contributed by atoms with van der Waals surface area (Å²) in [6, 6.07) is 6.80. The Balaban J connectivity index is 0.000000771. The van der Waals surface area contributed by atoms with Gasteiger partial charge in [0.05, 0.1) is 6.20 Å². The maximum Gasteiger partial charge on any atom is 0.219 e. The van der Waals surface area contributed by atoms with Crippen LogP contribution >= 0.6 is 0 Å². The summed E-state index contributed by atoms with van der Waals surface area (Å²) in [5.41, 5.74) is 0.578. The van der Waals surface area contributed by atoms with Crippen LogP contribution in [0.25, 0.3) is 0 Å². The zero-order valence-corrected chi connectivity index (χ0v) is 10.8. The van der Waals surface area contributed by atoms with E-state index in [2.05, 4.69) is 9.97 Å². The molecule has 2 aromatic heterocycles. The van der Waals surface area contributed by atoms with Gasteiger partial charge >= 0.3 is 0 Å². The summed E-state index contributed by atoms with van der Waals surface area (Å²) < 4.78 is 5.44. The fourth-order valence-electron chi connectivity index (χ4n) is 1.21. The Morgan fingerprint density at radius 3 is 2.61 bits per heavy atom. The molecule has 0 N–H and O–H groups in total. The van der Waals surface area contributed by atoms with Gasteiger partial charge in [-0.05, 0) is 25.1 Å². The third kappa shape index (κ3) is 3.97. The summed E-state index contributed by atoms with van der Waals surface area (Å²) in [7, 11) is 0. The Morgan fingerprint density at radius 1 is 1.22 bits per heavy atom. The van der Waals surface area contributed by atoms with Gasteiger partial charge in [0.1, 0.15) is 5.75 Å². The third-order valence-corrected chi connectivity index (χ3v) is 2.00. The van der Waals surface area contributed by atoms with Crippen LogP contribution in [0.4, 0.5) is 0 Å². The lowest BCUT2D eigenvalue weighted by atomic mass is 10.2. The molecule has 2 rings (SSSR count). The van der Waals surface area contributed by atoms with E-state index in [-0.39, 0.29) is 5.78 Å². The van der Waals surface area contributed by atoms with Crippen LogP contribution in [-0.4, -0.2) is 15.8 Å². The number of carbonyl (C=O) groups is 1. The number of ketones is 1. The normalized spacial score (nSPS) is 9.06. The van der Waals surface area contributed by atoms with Gasteiger partial charge in [0, 0.05) is 24.0 Å². The van der Waals surface area contributed by atoms with Gasteiger partial charge in [-0.25, -0.2) is 4.98 Å². The second-order valence-corrected chi connectivity index (χ2v) is 3.23. The van der Waals surface area contributed by atoms with Crippen molar-refractivity contribution in [2.75, 3.05) is 0 Å². The van der Waals surface area contributed by atoms with Gasteiger partial charge < -0.3 is 4.74 Å². The molecule has 0 unspecified atom stereocenters. The van der Waals surface area contributed by atoms with Gasteiger partial charge in [0.25, 0.3) is 0 Å². The number of carbonyl (C=O) groups excluding carboxylic acids is 1. The second-order valence-electron chi connectivity index (χ2n) is 3.23. The number of hydrogen-bond acceptors (Lipinski definition) is 4. The molecule has 0 saturated carbocycles. The number of aromatic nitrogens is 2. The van der Waals surface area contributed by atoms with Gasteiger partial charge in [-0.15, -0.1) is 0 Å². The van der Waals surface area contributed by atoms with Gasteiger partial charge in [-0.2, -0.15) is 0 Å². The highest BCUT2D eigenvalue weighted by molar-refractivity contribution is 5.94. The highest BCUT2D eigenvalue weighted by atomic mass is 16.5. The number of hydrogen-bond donors (Lipinski definition) is 0. The number of nitrogens with zero attached hydrogens (tertiary/aromatic N) is 2. The van der Waals surface area contributed by atoms with Crippen molar-refractivity contribution in [3.05, 3.63) is 48.4 Å². The van der Waals surface area contributed by atoms with Gasteiger partial charge in [-0.3, -0.25) is 9.78 Å². The molecule has 4 heteroatoms. The zero-order valence-electron chi connectivity index (χ0n) is 10.8. The van der Waals surface area contributed by atoms with Gasteiger partial charge in [0.2, 0.25) is 5.88 Å². The van der Waals surface area contributed by atoms with Crippen molar-refractivity contribution in [2.24, 2.45) is 0 Å². The molecule has 0 spiro atoms. The molecule has 2 aromatic rings. The monoisotopic (exact) mass is 244 g/mol. The SMILES string of the molecule is CC.CC(=O)c1ccnc(Oc2cccnc2)c1. The van der Waals surface area contributed by atoms with Gasteiger partial charge in [-0.1, -0.05) is 13.8 Å². The minimum Gasteiger partial charge on any atom is -0.437 e. The van der Waals surface area contributed by atoms with Crippen LogP contribution in [-0.2, 0) is 0 Å². The molecule has 0 aliphatic carbocycles. The van der Waals surface area contributed by atoms with Crippen LogP contribution in [0, 0.1) is 0 Å². The number of pyridine rings is 2. The summed E-state index contributed by atoms with van der Waals surface area (Å²) >= 11 is 0. The summed E-state index contributed by atoms with van der Waals surface area (Å²) in [6.45, 7) is 5.50. The average Bonchev–Trinajstić information content (AvgIpc) is 2.42. The first-order valence-corrected chi connectivity index (χ1v) is 5.80. The lowest BCUT2D eigenvalue weighted by Crippen LogP contribution is -1.94. The first kappa shape index (κ1) is 13.8. The summed E-state index contributed by atoms with van der Waals surface area (Å²) in [5, 5.41) is 0. The van der Waals surface area contributed by atoms with Crippen LogP contribution in [0.1, 0.15) is 31.1 Å². The molecule has 0 amide bonds. The van der Waals surface area contributed by atoms with Gasteiger partial charge in [0.15, 0.2) is 5.78 Å². The van der Waals surface area contributed by atoms with Crippen molar-refractivity contribution in [1.82, 2.24) is 9.97 Å². The van der Waals surface area contributed by atoms with E-state index in [4.69, 9.17) is 4.74 Å². The molecule has 0 aliphatic heterocycles. The van der Waals surface area contributed by atoms with Crippen LogP contribution in [0.2, 0.25) is 0 Å². The molecule has 0 saturated heterocycles. The number of Topliss-reactive ketones (excluding diaryl/α,β-unsaturated/α-hetero) is 1. The topological polar surface area (TPSA) is 52.1 Å². The van der Waals surface area contributed by atoms with E-state index in [0.717, 1.165) is 0 Å². The molecule has 2 heterocycles. The van der Waals surface area contributed by atoms with E-state index in [1.54, 1.807) is 42.9 Å². The first-order chi connectivity index (χ1) is 8.75. The summed E-state index contributed by atoms with van der Waals surface area (Å²) in [6.07, 6.45) is 4.79. The van der Waals surface area contributed by atoms with Crippen LogP contribution < -0.4 is 4.74 Å².